The molecule has 98 valence electrons. The number of benzene rings is 1. The Morgan fingerprint density at radius 1 is 1.32 bits per heavy atom. The first kappa shape index (κ1) is 13.4. The van der Waals surface area contributed by atoms with Crippen molar-refractivity contribution in [1.29, 1.82) is 0 Å². The van der Waals surface area contributed by atoms with E-state index in [1.807, 2.05) is 36.4 Å². The second-order valence-corrected chi connectivity index (χ2v) is 4.74. The fraction of sp³-hybridized carbons (Fsp3) is 0.154. The molecule has 0 atom stereocenters. The Bertz CT molecular complexity index is 572. The van der Waals surface area contributed by atoms with Gasteiger partial charge < -0.3 is 10.5 Å². The molecule has 19 heavy (non-hydrogen) atoms. The minimum atomic E-state index is -0.372. The summed E-state index contributed by atoms with van der Waals surface area (Å²) >= 11 is 1.27. The molecular formula is C13H13N3O2S. The predicted octanol–water partition coefficient (Wildman–Crippen LogP) is 1.73. The lowest BCUT2D eigenvalue weighted by Crippen LogP contribution is -2.13. The molecule has 0 saturated carbocycles. The molecule has 0 unspecified atom stereocenters. The fourth-order valence-electron chi connectivity index (χ4n) is 1.48. The van der Waals surface area contributed by atoms with Crippen LogP contribution in [0.25, 0.3) is 11.3 Å². The van der Waals surface area contributed by atoms with Gasteiger partial charge in [0.2, 0.25) is 5.91 Å². The quantitative estimate of drug-likeness (QED) is 0.841. The first-order valence-electron chi connectivity index (χ1n) is 5.58. The molecule has 1 heterocycles. The zero-order chi connectivity index (χ0) is 13.7. The Labute approximate surface area is 115 Å². The summed E-state index contributed by atoms with van der Waals surface area (Å²) in [5, 5.41) is 8.84. The molecule has 0 radical (unpaired) electrons. The van der Waals surface area contributed by atoms with Gasteiger partial charge in [-0.15, -0.1) is 10.2 Å². The van der Waals surface area contributed by atoms with Gasteiger partial charge in [-0.05, 0) is 24.3 Å². The van der Waals surface area contributed by atoms with Crippen molar-refractivity contribution >= 4 is 17.7 Å². The summed E-state index contributed by atoms with van der Waals surface area (Å²) in [5.41, 5.74) is 6.75. The Kier molecular flexibility index (Phi) is 4.35. The maximum Gasteiger partial charge on any atom is 0.227 e. The third kappa shape index (κ3) is 3.69. The van der Waals surface area contributed by atoms with E-state index in [1.54, 1.807) is 7.11 Å². The lowest BCUT2D eigenvalue weighted by molar-refractivity contribution is -0.115. The summed E-state index contributed by atoms with van der Waals surface area (Å²) in [6.45, 7) is 0. The maximum atomic E-state index is 10.7. The van der Waals surface area contributed by atoms with E-state index < -0.39 is 0 Å². The number of primary amides is 1. The first-order valence-corrected chi connectivity index (χ1v) is 6.57. The molecule has 0 bridgehead atoms. The van der Waals surface area contributed by atoms with E-state index in [1.165, 1.54) is 11.8 Å². The van der Waals surface area contributed by atoms with Crippen LogP contribution in [0.2, 0.25) is 0 Å². The van der Waals surface area contributed by atoms with E-state index in [9.17, 15) is 4.79 Å². The van der Waals surface area contributed by atoms with Gasteiger partial charge in [-0.2, -0.15) is 0 Å². The Hall–Kier alpha value is -2.08. The predicted molar refractivity (Wildman–Crippen MR) is 73.9 cm³/mol. The number of nitrogens with two attached hydrogens (primary N) is 1. The van der Waals surface area contributed by atoms with Crippen LogP contribution in [0.5, 0.6) is 5.75 Å². The van der Waals surface area contributed by atoms with Crippen molar-refractivity contribution in [3.05, 3.63) is 36.4 Å². The van der Waals surface area contributed by atoms with Crippen LogP contribution < -0.4 is 10.5 Å². The van der Waals surface area contributed by atoms with Gasteiger partial charge in [0, 0.05) is 5.56 Å². The van der Waals surface area contributed by atoms with E-state index in [0.29, 0.717) is 5.03 Å². The molecule has 0 spiro atoms. The molecule has 1 aromatic heterocycles. The van der Waals surface area contributed by atoms with E-state index in [0.717, 1.165) is 17.0 Å². The van der Waals surface area contributed by atoms with Gasteiger partial charge in [0.25, 0.3) is 0 Å². The number of aromatic nitrogens is 2. The van der Waals surface area contributed by atoms with Crippen LogP contribution in [0.4, 0.5) is 0 Å². The van der Waals surface area contributed by atoms with Crippen molar-refractivity contribution in [2.45, 2.75) is 5.03 Å². The molecule has 0 aliphatic carbocycles. The van der Waals surface area contributed by atoms with Crippen molar-refractivity contribution in [2.24, 2.45) is 5.73 Å². The van der Waals surface area contributed by atoms with Crippen LogP contribution in [0.1, 0.15) is 0 Å². The number of methoxy groups -OCH3 is 1. The molecule has 0 fully saturated rings. The summed E-state index contributed by atoms with van der Waals surface area (Å²) in [7, 11) is 1.62. The summed E-state index contributed by atoms with van der Waals surface area (Å²) in [4.78, 5) is 10.7. The van der Waals surface area contributed by atoms with Gasteiger partial charge in [-0.25, -0.2) is 0 Å². The van der Waals surface area contributed by atoms with Crippen LogP contribution in [0.15, 0.2) is 41.4 Å². The second-order valence-electron chi connectivity index (χ2n) is 3.74. The van der Waals surface area contributed by atoms with Crippen molar-refractivity contribution in [3.63, 3.8) is 0 Å². The van der Waals surface area contributed by atoms with Crippen molar-refractivity contribution in [2.75, 3.05) is 12.9 Å². The van der Waals surface area contributed by atoms with E-state index in [2.05, 4.69) is 10.2 Å². The number of carbonyl (C=O) groups excluding carboxylic acids is 1. The third-order valence-electron chi connectivity index (χ3n) is 2.37. The molecule has 2 aromatic rings. The van der Waals surface area contributed by atoms with Crippen molar-refractivity contribution in [3.8, 4) is 17.0 Å². The molecule has 2 N–H and O–H groups in total. The molecular weight excluding hydrogens is 262 g/mol. The Balaban J connectivity index is 2.15. The van der Waals surface area contributed by atoms with Gasteiger partial charge >= 0.3 is 0 Å². The summed E-state index contributed by atoms with van der Waals surface area (Å²) in [6.07, 6.45) is 0. The molecule has 1 aromatic carbocycles. The molecule has 5 nitrogen and oxygen atoms in total. The van der Waals surface area contributed by atoms with E-state index >= 15 is 0 Å². The molecule has 0 aliphatic rings. The Morgan fingerprint density at radius 2 is 2.16 bits per heavy atom. The van der Waals surface area contributed by atoms with Crippen molar-refractivity contribution < 1.29 is 9.53 Å². The summed E-state index contributed by atoms with van der Waals surface area (Å²) < 4.78 is 5.16. The minimum absolute atomic E-state index is 0.202. The van der Waals surface area contributed by atoms with Gasteiger partial charge in [0.1, 0.15) is 10.8 Å². The normalized spacial score (nSPS) is 10.2. The smallest absolute Gasteiger partial charge is 0.227 e. The van der Waals surface area contributed by atoms with Crippen LogP contribution in [0.3, 0.4) is 0 Å². The van der Waals surface area contributed by atoms with Gasteiger partial charge in [-0.1, -0.05) is 23.9 Å². The van der Waals surface area contributed by atoms with Crippen LogP contribution in [0, 0.1) is 0 Å². The zero-order valence-electron chi connectivity index (χ0n) is 10.4. The number of carbonyl (C=O) groups is 1. The number of ether oxygens (including phenoxy) is 1. The fourth-order valence-corrected chi connectivity index (χ4v) is 2.03. The average Bonchev–Trinajstić information content (AvgIpc) is 2.45. The summed E-state index contributed by atoms with van der Waals surface area (Å²) in [5.74, 6) is 0.600. The molecule has 2 rings (SSSR count). The molecule has 6 heteroatoms. The highest BCUT2D eigenvalue weighted by molar-refractivity contribution is 7.99. The number of hydrogen-bond acceptors (Lipinski definition) is 5. The first-order chi connectivity index (χ1) is 9.19. The van der Waals surface area contributed by atoms with Crippen LogP contribution in [-0.4, -0.2) is 29.0 Å². The summed E-state index contributed by atoms with van der Waals surface area (Å²) in [6, 6.07) is 11.3. The average molecular weight is 275 g/mol. The van der Waals surface area contributed by atoms with Crippen molar-refractivity contribution in [1.82, 2.24) is 10.2 Å². The lowest BCUT2D eigenvalue weighted by Gasteiger charge is -2.04. The largest absolute Gasteiger partial charge is 0.497 e. The number of amides is 1. The van der Waals surface area contributed by atoms with E-state index in [4.69, 9.17) is 10.5 Å². The minimum Gasteiger partial charge on any atom is -0.497 e. The number of hydrogen-bond donors (Lipinski definition) is 1. The zero-order valence-corrected chi connectivity index (χ0v) is 11.2. The topological polar surface area (TPSA) is 78.1 Å². The van der Waals surface area contributed by atoms with Gasteiger partial charge in [0.05, 0.1) is 18.6 Å². The highest BCUT2D eigenvalue weighted by Gasteiger charge is 2.04. The number of thioether (sulfide) groups is 1. The maximum absolute atomic E-state index is 10.7. The lowest BCUT2D eigenvalue weighted by atomic mass is 10.1. The highest BCUT2D eigenvalue weighted by atomic mass is 32.2. The number of rotatable bonds is 5. The standard InChI is InChI=1S/C13H13N3O2S/c1-18-10-4-2-3-9(7-10)11-5-6-13(16-15-11)19-8-12(14)17/h2-7H,8H2,1H3,(H2,14,17). The molecule has 0 aliphatic heterocycles. The monoisotopic (exact) mass is 275 g/mol. The highest BCUT2D eigenvalue weighted by Crippen LogP contribution is 2.23. The Morgan fingerprint density at radius 3 is 2.79 bits per heavy atom. The SMILES string of the molecule is COc1cccc(-c2ccc(SCC(N)=O)nn2)c1. The van der Waals surface area contributed by atoms with E-state index in [-0.39, 0.29) is 11.7 Å². The molecule has 1 amide bonds. The van der Waals surface area contributed by atoms with Gasteiger partial charge in [-0.3, -0.25) is 4.79 Å². The van der Waals surface area contributed by atoms with Crippen LogP contribution >= 0.6 is 11.8 Å². The third-order valence-corrected chi connectivity index (χ3v) is 3.31. The van der Waals surface area contributed by atoms with Gasteiger partial charge in [0.15, 0.2) is 0 Å². The van der Waals surface area contributed by atoms with Crippen LogP contribution in [-0.2, 0) is 4.79 Å². The second kappa shape index (κ2) is 6.19. The molecule has 0 saturated heterocycles. The number of nitrogens with zero attached hydrogens (tertiary/aromatic N) is 2.